The van der Waals surface area contributed by atoms with Crippen molar-refractivity contribution in [2.45, 2.75) is 150 Å². The van der Waals surface area contributed by atoms with Crippen LogP contribution in [-0.2, 0) is 30.3 Å². The molecule has 51 heavy (non-hydrogen) atoms. The van der Waals surface area contributed by atoms with Crippen LogP contribution in [0.2, 0.25) is 0 Å². The number of nitrogens with zero attached hydrogens (tertiary/aromatic N) is 1. The molecular formula is C41H63N3O7. The van der Waals surface area contributed by atoms with E-state index >= 15 is 0 Å². The van der Waals surface area contributed by atoms with Crippen molar-refractivity contribution in [1.82, 2.24) is 15.5 Å². The van der Waals surface area contributed by atoms with Crippen LogP contribution in [0.5, 0.6) is 5.75 Å². The molecule has 3 N–H and O–H groups in total. The van der Waals surface area contributed by atoms with Crippen LogP contribution in [0.4, 0.5) is 4.79 Å². The molecule has 0 saturated carbocycles. The van der Waals surface area contributed by atoms with Gasteiger partial charge in [-0.3, -0.25) is 9.59 Å². The van der Waals surface area contributed by atoms with Crippen LogP contribution >= 0.6 is 0 Å². The van der Waals surface area contributed by atoms with E-state index in [2.05, 4.69) is 17.6 Å². The standard InChI is InChI=1S/C41H63N3O7/c1-11-12-13-14-15-19-24-44(37(47)32(25-28(2)3)43-39(49)51-41(8,9)10)35(31-22-23-34(45)29(4)26-31)36(46)42-33(38(48)50-40(5,6)7)27-30-20-17-16-18-21-30/h16-18,20-23,26,28,32-33,35,45H,11-15,19,24-25,27H2,1-10H3,(H,42,46)(H,43,49). The third kappa shape index (κ3) is 15.8. The molecule has 284 valence electrons. The van der Waals surface area contributed by atoms with Crippen LogP contribution in [0, 0.1) is 12.8 Å². The molecule has 0 aliphatic heterocycles. The SMILES string of the molecule is CCCCCCCCN(C(=O)C(CC(C)C)NC(=O)OC(C)(C)C)C(C(=O)NC(Cc1ccccc1)C(=O)OC(C)(C)C)c1ccc(O)c(C)c1. The number of aromatic hydroxyl groups is 1. The Morgan fingerprint density at radius 3 is 1.98 bits per heavy atom. The Kier molecular flexibility index (Phi) is 17.0. The highest BCUT2D eigenvalue weighted by molar-refractivity contribution is 5.94. The smallest absolute Gasteiger partial charge is 0.408 e. The van der Waals surface area contributed by atoms with Crippen LogP contribution in [0.25, 0.3) is 0 Å². The maximum absolute atomic E-state index is 14.8. The van der Waals surface area contributed by atoms with E-state index in [9.17, 15) is 24.3 Å². The summed E-state index contributed by atoms with van der Waals surface area (Å²) in [5, 5.41) is 16.2. The zero-order valence-corrected chi connectivity index (χ0v) is 32.6. The van der Waals surface area contributed by atoms with Crippen LogP contribution < -0.4 is 10.6 Å². The summed E-state index contributed by atoms with van der Waals surface area (Å²) in [5.41, 5.74) is 0.224. The lowest BCUT2D eigenvalue weighted by molar-refractivity contribution is -0.159. The Morgan fingerprint density at radius 1 is 0.804 bits per heavy atom. The lowest BCUT2D eigenvalue weighted by atomic mass is 9.97. The summed E-state index contributed by atoms with van der Waals surface area (Å²) in [7, 11) is 0. The van der Waals surface area contributed by atoms with E-state index in [1.807, 2.05) is 44.2 Å². The first kappa shape index (κ1) is 43.1. The zero-order valence-electron chi connectivity index (χ0n) is 32.6. The normalized spacial score (nSPS) is 13.5. The molecule has 0 fully saturated rings. The number of ether oxygens (including phenoxy) is 2. The minimum absolute atomic E-state index is 0.0235. The third-order valence-corrected chi connectivity index (χ3v) is 8.12. The molecule has 0 aliphatic rings. The number of amides is 3. The van der Waals surface area contributed by atoms with E-state index in [0.29, 0.717) is 24.0 Å². The molecule has 0 aliphatic carbocycles. The first-order valence-corrected chi connectivity index (χ1v) is 18.5. The van der Waals surface area contributed by atoms with Gasteiger partial charge in [-0.25, -0.2) is 9.59 Å². The van der Waals surface area contributed by atoms with Crippen LogP contribution in [0.1, 0.15) is 130 Å². The van der Waals surface area contributed by atoms with Gasteiger partial charge < -0.3 is 30.1 Å². The van der Waals surface area contributed by atoms with Gasteiger partial charge in [-0.1, -0.05) is 89.3 Å². The van der Waals surface area contributed by atoms with Gasteiger partial charge in [0.25, 0.3) is 0 Å². The highest BCUT2D eigenvalue weighted by Crippen LogP contribution is 2.29. The lowest BCUT2D eigenvalue weighted by Gasteiger charge is -2.36. The maximum atomic E-state index is 14.8. The van der Waals surface area contributed by atoms with E-state index in [4.69, 9.17) is 9.47 Å². The Labute approximate surface area is 306 Å². The number of hydrogen-bond donors (Lipinski definition) is 3. The van der Waals surface area contributed by atoms with Crippen LogP contribution in [0.3, 0.4) is 0 Å². The molecule has 2 aromatic carbocycles. The van der Waals surface area contributed by atoms with Crippen molar-refractivity contribution in [2.75, 3.05) is 6.54 Å². The van der Waals surface area contributed by atoms with Gasteiger partial charge in [0.15, 0.2) is 0 Å². The number of esters is 1. The monoisotopic (exact) mass is 709 g/mol. The summed E-state index contributed by atoms with van der Waals surface area (Å²) in [6.07, 6.45) is 5.48. The number of aryl methyl sites for hydroxylation is 1. The van der Waals surface area contributed by atoms with Crippen molar-refractivity contribution in [3.8, 4) is 5.75 Å². The van der Waals surface area contributed by atoms with E-state index in [-0.39, 0.29) is 24.6 Å². The second-order valence-electron chi connectivity index (χ2n) is 15.9. The second kappa shape index (κ2) is 20.1. The van der Waals surface area contributed by atoms with Crippen LogP contribution in [-0.4, -0.2) is 63.7 Å². The van der Waals surface area contributed by atoms with Crippen molar-refractivity contribution >= 4 is 23.9 Å². The first-order chi connectivity index (χ1) is 23.8. The van der Waals surface area contributed by atoms with Crippen LogP contribution in [0.15, 0.2) is 48.5 Å². The molecule has 0 bridgehead atoms. The first-order valence-electron chi connectivity index (χ1n) is 18.5. The average molecular weight is 710 g/mol. The largest absolute Gasteiger partial charge is 0.508 e. The van der Waals surface area contributed by atoms with Gasteiger partial charge in [0, 0.05) is 13.0 Å². The molecule has 3 amide bonds. The number of carbonyl (C=O) groups excluding carboxylic acids is 4. The summed E-state index contributed by atoms with van der Waals surface area (Å²) in [5.74, 6) is -1.54. The minimum Gasteiger partial charge on any atom is -0.508 e. The number of nitrogens with one attached hydrogen (secondary N) is 2. The average Bonchev–Trinajstić information content (AvgIpc) is 3.01. The van der Waals surface area contributed by atoms with Gasteiger partial charge in [0.05, 0.1) is 0 Å². The Balaban J connectivity index is 2.67. The zero-order chi connectivity index (χ0) is 38.4. The molecule has 0 aromatic heterocycles. The van der Waals surface area contributed by atoms with Gasteiger partial charge in [-0.15, -0.1) is 0 Å². The molecule has 10 heteroatoms. The quantitative estimate of drug-likeness (QED) is 0.106. The summed E-state index contributed by atoms with van der Waals surface area (Å²) in [6.45, 7) is 18.6. The maximum Gasteiger partial charge on any atom is 0.408 e. The van der Waals surface area contributed by atoms with Crippen molar-refractivity contribution < 1.29 is 33.8 Å². The predicted octanol–water partition coefficient (Wildman–Crippen LogP) is 7.94. The number of alkyl carbamates (subject to hydrolysis) is 1. The van der Waals surface area contributed by atoms with Gasteiger partial charge in [-0.05, 0) is 96.0 Å². The van der Waals surface area contributed by atoms with Gasteiger partial charge in [0.2, 0.25) is 11.8 Å². The van der Waals surface area contributed by atoms with Crippen molar-refractivity contribution in [2.24, 2.45) is 5.92 Å². The number of benzene rings is 2. The number of phenolic OH excluding ortho intramolecular Hbond substituents is 1. The molecule has 3 unspecified atom stereocenters. The number of phenols is 1. The topological polar surface area (TPSA) is 134 Å². The lowest BCUT2D eigenvalue weighted by Crippen LogP contribution is -2.55. The fraction of sp³-hybridized carbons (Fsp3) is 0.610. The number of rotatable bonds is 18. The minimum atomic E-state index is -1.19. The van der Waals surface area contributed by atoms with E-state index < -0.39 is 53.2 Å². The fourth-order valence-electron chi connectivity index (χ4n) is 5.76. The fourth-order valence-corrected chi connectivity index (χ4v) is 5.76. The van der Waals surface area contributed by atoms with Crippen molar-refractivity contribution in [3.63, 3.8) is 0 Å². The number of hydrogen-bond acceptors (Lipinski definition) is 7. The molecule has 0 radical (unpaired) electrons. The molecular weight excluding hydrogens is 646 g/mol. The summed E-state index contributed by atoms with van der Waals surface area (Å²) in [4.78, 5) is 57.6. The molecule has 3 atom stereocenters. The van der Waals surface area contributed by atoms with Crippen molar-refractivity contribution in [1.29, 1.82) is 0 Å². The Morgan fingerprint density at radius 2 is 1.41 bits per heavy atom. The van der Waals surface area contributed by atoms with E-state index in [1.165, 1.54) is 11.0 Å². The Hall–Kier alpha value is -4.08. The molecule has 0 spiro atoms. The molecule has 2 rings (SSSR count). The van der Waals surface area contributed by atoms with Gasteiger partial charge >= 0.3 is 12.1 Å². The van der Waals surface area contributed by atoms with E-state index in [0.717, 1.165) is 37.7 Å². The summed E-state index contributed by atoms with van der Waals surface area (Å²) < 4.78 is 11.3. The molecule has 0 saturated heterocycles. The summed E-state index contributed by atoms with van der Waals surface area (Å²) >= 11 is 0. The number of unbranched alkanes of at least 4 members (excludes halogenated alkanes) is 5. The molecule has 2 aromatic rings. The highest BCUT2D eigenvalue weighted by Gasteiger charge is 2.38. The van der Waals surface area contributed by atoms with Gasteiger partial charge in [0.1, 0.15) is 35.1 Å². The van der Waals surface area contributed by atoms with Crippen molar-refractivity contribution in [3.05, 3.63) is 65.2 Å². The molecule has 10 nitrogen and oxygen atoms in total. The highest BCUT2D eigenvalue weighted by atomic mass is 16.6. The molecule has 0 heterocycles. The van der Waals surface area contributed by atoms with Gasteiger partial charge in [-0.2, -0.15) is 0 Å². The summed E-state index contributed by atoms with van der Waals surface area (Å²) in [6, 6.07) is 10.9. The Bertz CT molecular complexity index is 1410. The van der Waals surface area contributed by atoms with E-state index in [1.54, 1.807) is 60.6 Å². The second-order valence-corrected chi connectivity index (χ2v) is 15.9. The third-order valence-electron chi connectivity index (χ3n) is 8.12. The predicted molar refractivity (Wildman–Crippen MR) is 201 cm³/mol. The number of carbonyl (C=O) groups is 4.